The second kappa shape index (κ2) is 5.61. The van der Waals surface area contributed by atoms with Crippen LogP contribution >= 0.6 is 0 Å². The van der Waals surface area contributed by atoms with Gasteiger partial charge in [0.1, 0.15) is 0 Å². The average molecular weight is 190 g/mol. The van der Waals surface area contributed by atoms with Gasteiger partial charge in [-0.1, -0.05) is 49.4 Å². The van der Waals surface area contributed by atoms with Gasteiger partial charge >= 0.3 is 0 Å². The zero-order valence-electron chi connectivity index (χ0n) is 8.99. The lowest BCUT2D eigenvalue weighted by Gasteiger charge is -2.15. The molecule has 0 aliphatic rings. The van der Waals surface area contributed by atoms with Gasteiger partial charge in [-0.3, -0.25) is 0 Å². The van der Waals surface area contributed by atoms with Crippen molar-refractivity contribution in [2.75, 3.05) is 0 Å². The summed E-state index contributed by atoms with van der Waals surface area (Å²) < 4.78 is 5.74. The number of benzene rings is 1. The van der Waals surface area contributed by atoms with E-state index in [-0.39, 0.29) is 6.10 Å². The molecule has 1 unspecified atom stereocenters. The van der Waals surface area contributed by atoms with Crippen LogP contribution in [0.1, 0.15) is 25.8 Å². The Bertz CT molecular complexity index is 277. The molecule has 1 nitrogen and oxygen atoms in total. The molecule has 0 radical (unpaired) electrons. The minimum atomic E-state index is 0.190. The predicted molar refractivity (Wildman–Crippen MR) is 60.1 cm³/mol. The molecular weight excluding hydrogens is 172 g/mol. The summed E-state index contributed by atoms with van der Waals surface area (Å²) in [4.78, 5) is 0. The summed E-state index contributed by atoms with van der Waals surface area (Å²) in [6.45, 7) is 8.71. The van der Waals surface area contributed by atoms with E-state index in [9.17, 15) is 0 Å². The Balaban J connectivity index is 2.44. The maximum atomic E-state index is 5.74. The second-order valence-electron chi connectivity index (χ2n) is 3.54. The van der Waals surface area contributed by atoms with Crippen LogP contribution in [0, 0.1) is 0 Å². The Morgan fingerprint density at radius 3 is 2.50 bits per heavy atom. The maximum absolute atomic E-state index is 5.74. The molecule has 14 heavy (non-hydrogen) atoms. The number of rotatable bonds is 5. The molecule has 0 amide bonds. The molecule has 0 bridgehead atoms. The zero-order valence-corrected chi connectivity index (χ0v) is 8.99. The lowest BCUT2D eigenvalue weighted by Crippen LogP contribution is -2.12. The molecule has 0 aliphatic carbocycles. The van der Waals surface area contributed by atoms with E-state index in [1.807, 2.05) is 25.1 Å². The van der Waals surface area contributed by atoms with Crippen molar-refractivity contribution in [2.45, 2.75) is 33.0 Å². The number of hydrogen-bond acceptors (Lipinski definition) is 1. The van der Waals surface area contributed by atoms with Gasteiger partial charge in [0.25, 0.3) is 0 Å². The van der Waals surface area contributed by atoms with Gasteiger partial charge in [-0.25, -0.2) is 0 Å². The highest BCUT2D eigenvalue weighted by Gasteiger charge is 2.06. The molecule has 1 aromatic carbocycles. The fourth-order valence-corrected chi connectivity index (χ4v) is 1.38. The summed E-state index contributed by atoms with van der Waals surface area (Å²) in [5, 5.41) is 0. The molecule has 0 aromatic heterocycles. The minimum Gasteiger partial charge on any atom is -0.369 e. The molecule has 1 rings (SSSR count). The van der Waals surface area contributed by atoms with E-state index in [4.69, 9.17) is 4.74 Å². The van der Waals surface area contributed by atoms with Crippen molar-refractivity contribution >= 4 is 0 Å². The molecular formula is C13H18O. The summed E-state index contributed by atoms with van der Waals surface area (Å²) in [6.07, 6.45) is 1.18. The van der Waals surface area contributed by atoms with Crippen molar-refractivity contribution in [3.63, 3.8) is 0 Å². The fourth-order valence-electron chi connectivity index (χ4n) is 1.38. The number of hydrogen-bond donors (Lipinski definition) is 0. The zero-order chi connectivity index (χ0) is 10.4. The Morgan fingerprint density at radius 1 is 1.36 bits per heavy atom. The third-order valence-corrected chi connectivity index (χ3v) is 2.21. The van der Waals surface area contributed by atoms with Crippen LogP contribution in [0.25, 0.3) is 0 Å². The summed E-state index contributed by atoms with van der Waals surface area (Å²) in [6, 6.07) is 10.2. The van der Waals surface area contributed by atoms with E-state index >= 15 is 0 Å². The van der Waals surface area contributed by atoms with Gasteiger partial charge < -0.3 is 4.74 Å². The first kappa shape index (κ1) is 11.0. The molecule has 0 heterocycles. The highest BCUT2D eigenvalue weighted by molar-refractivity contribution is 5.13. The van der Waals surface area contributed by atoms with Crippen LogP contribution in [0.15, 0.2) is 42.5 Å². The van der Waals surface area contributed by atoms with Crippen LogP contribution in [0.2, 0.25) is 0 Å². The largest absolute Gasteiger partial charge is 0.369 e. The Morgan fingerprint density at radius 2 is 2.00 bits per heavy atom. The monoisotopic (exact) mass is 190 g/mol. The van der Waals surface area contributed by atoms with Gasteiger partial charge in [0.15, 0.2) is 0 Å². The highest BCUT2D eigenvalue weighted by Crippen LogP contribution is 2.11. The van der Waals surface area contributed by atoms with Crippen LogP contribution in [0.5, 0.6) is 0 Å². The molecule has 0 spiro atoms. The van der Waals surface area contributed by atoms with E-state index in [1.54, 1.807) is 0 Å². The summed E-state index contributed by atoms with van der Waals surface area (Å²) >= 11 is 0. The topological polar surface area (TPSA) is 9.23 Å². The third kappa shape index (κ3) is 3.35. The van der Waals surface area contributed by atoms with Gasteiger partial charge in [0, 0.05) is 0 Å². The molecule has 1 heteroatoms. The fraction of sp³-hybridized carbons (Fsp3) is 0.385. The van der Waals surface area contributed by atoms with Crippen LogP contribution in [-0.4, -0.2) is 6.10 Å². The van der Waals surface area contributed by atoms with Crippen molar-refractivity contribution in [1.29, 1.82) is 0 Å². The van der Waals surface area contributed by atoms with Crippen molar-refractivity contribution in [1.82, 2.24) is 0 Å². The van der Waals surface area contributed by atoms with Gasteiger partial charge in [-0.2, -0.15) is 0 Å². The van der Waals surface area contributed by atoms with Crippen LogP contribution < -0.4 is 0 Å². The first-order valence-corrected chi connectivity index (χ1v) is 5.05. The van der Waals surface area contributed by atoms with Crippen molar-refractivity contribution in [3.8, 4) is 0 Å². The molecule has 0 saturated heterocycles. The standard InChI is InChI=1S/C13H18O/c1-4-13(11(2)3)14-10-12-8-6-5-7-9-12/h5-9,13H,2,4,10H2,1,3H3. The van der Waals surface area contributed by atoms with E-state index < -0.39 is 0 Å². The third-order valence-electron chi connectivity index (χ3n) is 2.21. The van der Waals surface area contributed by atoms with Crippen molar-refractivity contribution in [3.05, 3.63) is 48.0 Å². The van der Waals surface area contributed by atoms with Gasteiger partial charge in [0.2, 0.25) is 0 Å². The van der Waals surface area contributed by atoms with Crippen LogP contribution in [0.3, 0.4) is 0 Å². The summed E-state index contributed by atoms with van der Waals surface area (Å²) in [7, 11) is 0. The molecule has 0 aliphatic heterocycles. The second-order valence-corrected chi connectivity index (χ2v) is 3.54. The Hall–Kier alpha value is -1.08. The lowest BCUT2D eigenvalue weighted by molar-refractivity contribution is 0.0624. The highest BCUT2D eigenvalue weighted by atomic mass is 16.5. The summed E-state index contributed by atoms with van der Waals surface area (Å²) in [5.74, 6) is 0. The van der Waals surface area contributed by atoms with Gasteiger partial charge in [-0.05, 0) is 18.9 Å². The first-order chi connectivity index (χ1) is 6.74. The normalized spacial score (nSPS) is 12.4. The van der Waals surface area contributed by atoms with Crippen LogP contribution in [0.4, 0.5) is 0 Å². The van der Waals surface area contributed by atoms with Gasteiger partial charge in [-0.15, -0.1) is 0 Å². The molecule has 0 N–H and O–H groups in total. The minimum absolute atomic E-state index is 0.190. The van der Waals surface area contributed by atoms with Crippen LogP contribution in [-0.2, 0) is 11.3 Å². The van der Waals surface area contributed by atoms with E-state index in [0.29, 0.717) is 6.61 Å². The maximum Gasteiger partial charge on any atom is 0.0781 e. The SMILES string of the molecule is C=C(C)C(CC)OCc1ccccc1. The summed E-state index contributed by atoms with van der Waals surface area (Å²) in [5.41, 5.74) is 2.32. The van der Waals surface area contributed by atoms with E-state index in [0.717, 1.165) is 12.0 Å². The smallest absolute Gasteiger partial charge is 0.0781 e. The predicted octanol–water partition coefficient (Wildman–Crippen LogP) is 3.56. The number of ether oxygens (including phenoxy) is 1. The molecule has 1 aromatic rings. The quantitative estimate of drug-likeness (QED) is 0.645. The lowest BCUT2D eigenvalue weighted by atomic mass is 10.1. The average Bonchev–Trinajstić information content (AvgIpc) is 2.20. The molecule has 0 fully saturated rings. The first-order valence-electron chi connectivity index (χ1n) is 5.05. The Kier molecular flexibility index (Phi) is 4.41. The van der Waals surface area contributed by atoms with E-state index in [1.165, 1.54) is 5.56 Å². The van der Waals surface area contributed by atoms with E-state index in [2.05, 4.69) is 25.6 Å². The molecule has 1 atom stereocenters. The Labute approximate surface area is 86.4 Å². The van der Waals surface area contributed by atoms with Crippen molar-refractivity contribution in [2.24, 2.45) is 0 Å². The van der Waals surface area contributed by atoms with Crippen molar-refractivity contribution < 1.29 is 4.74 Å². The molecule has 76 valence electrons. The van der Waals surface area contributed by atoms with Gasteiger partial charge in [0.05, 0.1) is 12.7 Å². The molecule has 0 saturated carbocycles.